The first-order valence-electron chi connectivity index (χ1n) is 6.18. The Kier molecular flexibility index (Phi) is 8.81. The molecule has 0 atom stereocenters. The Morgan fingerprint density at radius 1 is 0.929 bits per heavy atom. The van der Waals surface area contributed by atoms with Crippen LogP contribution in [0, 0.1) is 0 Å². The van der Waals surface area contributed by atoms with E-state index in [1.54, 1.807) is 0 Å². The molecule has 1 heteroatoms. The normalized spacial score (nSPS) is 10.2. The van der Waals surface area contributed by atoms with Crippen molar-refractivity contribution in [1.29, 1.82) is 0 Å². The van der Waals surface area contributed by atoms with Crippen LogP contribution in [-0.4, -0.2) is 18.0 Å². The second-order valence-corrected chi connectivity index (χ2v) is 4.01. The average molecular weight is 197 g/mol. The van der Waals surface area contributed by atoms with Crippen LogP contribution in [0.4, 0.5) is 0 Å². The van der Waals surface area contributed by atoms with Gasteiger partial charge in [0.15, 0.2) is 0 Å². The van der Waals surface area contributed by atoms with Gasteiger partial charge < -0.3 is 4.90 Å². The zero-order valence-corrected chi connectivity index (χ0v) is 10.3. The molecule has 0 aromatic carbocycles. The van der Waals surface area contributed by atoms with Crippen LogP contribution in [0.5, 0.6) is 0 Å². The summed E-state index contributed by atoms with van der Waals surface area (Å²) in [4.78, 5) is 2.47. The molecule has 0 bridgehead atoms. The molecule has 0 aliphatic heterocycles. The highest BCUT2D eigenvalue weighted by Gasteiger charge is 2.04. The van der Waals surface area contributed by atoms with Crippen LogP contribution in [0.15, 0.2) is 12.3 Å². The highest BCUT2D eigenvalue weighted by atomic mass is 15.1. The second-order valence-electron chi connectivity index (χ2n) is 4.01. The molecule has 0 aromatic rings. The summed E-state index contributed by atoms with van der Waals surface area (Å²) >= 11 is 0. The molecule has 0 heterocycles. The fourth-order valence-electron chi connectivity index (χ4n) is 1.59. The van der Waals surface area contributed by atoms with Gasteiger partial charge >= 0.3 is 0 Å². The van der Waals surface area contributed by atoms with Gasteiger partial charge in [0, 0.05) is 18.8 Å². The summed E-state index contributed by atoms with van der Waals surface area (Å²) in [5.41, 5.74) is 1.35. The van der Waals surface area contributed by atoms with Crippen LogP contribution < -0.4 is 0 Å². The third kappa shape index (κ3) is 6.06. The van der Waals surface area contributed by atoms with E-state index >= 15 is 0 Å². The van der Waals surface area contributed by atoms with Crippen LogP contribution in [0.1, 0.15) is 59.3 Å². The Morgan fingerprint density at radius 3 is 2.07 bits per heavy atom. The van der Waals surface area contributed by atoms with Gasteiger partial charge in [-0.2, -0.15) is 0 Å². The van der Waals surface area contributed by atoms with Gasteiger partial charge in [-0.25, -0.2) is 0 Å². The quantitative estimate of drug-likeness (QED) is 0.535. The topological polar surface area (TPSA) is 3.24 Å². The van der Waals surface area contributed by atoms with E-state index in [-0.39, 0.29) is 0 Å². The van der Waals surface area contributed by atoms with Crippen molar-refractivity contribution < 1.29 is 0 Å². The number of unbranched alkanes of at least 4 members (excludes halogenated alkanes) is 2. The molecule has 0 N–H and O–H groups in total. The first kappa shape index (κ1) is 13.5. The number of allylic oxidation sites excluding steroid dienone is 1. The molecule has 0 amide bonds. The van der Waals surface area contributed by atoms with Crippen molar-refractivity contribution in [3.8, 4) is 0 Å². The molecule has 0 fully saturated rings. The number of rotatable bonds is 9. The summed E-state index contributed by atoms with van der Waals surface area (Å²) in [6.45, 7) is 13.3. The lowest BCUT2D eigenvalue weighted by atomic mass is 10.2. The summed E-state index contributed by atoms with van der Waals surface area (Å²) in [5.74, 6) is 0. The van der Waals surface area contributed by atoms with Gasteiger partial charge in [-0.15, -0.1) is 0 Å². The smallest absolute Gasteiger partial charge is 0.0174 e. The maximum atomic E-state index is 4.19. The molecule has 0 unspecified atom stereocenters. The highest BCUT2D eigenvalue weighted by molar-refractivity contribution is 4.93. The van der Waals surface area contributed by atoms with E-state index in [1.807, 2.05) is 0 Å². The van der Waals surface area contributed by atoms with Crippen molar-refractivity contribution in [3.05, 3.63) is 12.3 Å². The lowest BCUT2D eigenvalue weighted by molar-refractivity contribution is 0.325. The third-order valence-corrected chi connectivity index (χ3v) is 2.54. The lowest BCUT2D eigenvalue weighted by Gasteiger charge is -2.26. The third-order valence-electron chi connectivity index (χ3n) is 2.54. The Balaban J connectivity index is 3.84. The van der Waals surface area contributed by atoms with Gasteiger partial charge in [0.2, 0.25) is 0 Å². The molecule has 14 heavy (non-hydrogen) atoms. The molecule has 0 aliphatic rings. The fraction of sp³-hybridized carbons (Fsp3) is 0.846. The largest absolute Gasteiger partial charge is 0.375 e. The molecule has 84 valence electrons. The van der Waals surface area contributed by atoms with E-state index in [9.17, 15) is 0 Å². The maximum absolute atomic E-state index is 4.19. The van der Waals surface area contributed by atoms with Crippen molar-refractivity contribution in [1.82, 2.24) is 4.90 Å². The van der Waals surface area contributed by atoms with E-state index in [4.69, 9.17) is 0 Å². The van der Waals surface area contributed by atoms with Gasteiger partial charge in [-0.1, -0.05) is 40.2 Å². The van der Waals surface area contributed by atoms with Gasteiger partial charge in [-0.05, 0) is 25.7 Å². The van der Waals surface area contributed by atoms with Gasteiger partial charge in [0.05, 0.1) is 0 Å². The van der Waals surface area contributed by atoms with Gasteiger partial charge in [0.25, 0.3) is 0 Å². The Hall–Kier alpha value is -0.460. The highest BCUT2D eigenvalue weighted by Crippen LogP contribution is 2.12. The van der Waals surface area contributed by atoms with Crippen molar-refractivity contribution >= 4 is 0 Å². The number of hydrogen-bond donors (Lipinski definition) is 0. The van der Waals surface area contributed by atoms with Crippen LogP contribution in [0.2, 0.25) is 0 Å². The first-order chi connectivity index (χ1) is 6.76. The Morgan fingerprint density at radius 2 is 1.57 bits per heavy atom. The molecule has 0 rings (SSSR count). The molecule has 0 aromatic heterocycles. The van der Waals surface area contributed by atoms with Gasteiger partial charge in [-0.3, -0.25) is 0 Å². The molecule has 0 saturated carbocycles. The van der Waals surface area contributed by atoms with Crippen LogP contribution in [-0.2, 0) is 0 Å². The maximum Gasteiger partial charge on any atom is 0.0174 e. The summed E-state index contributed by atoms with van der Waals surface area (Å²) < 4.78 is 0. The van der Waals surface area contributed by atoms with Crippen molar-refractivity contribution in [2.45, 2.75) is 59.3 Å². The van der Waals surface area contributed by atoms with Gasteiger partial charge in [0.1, 0.15) is 0 Å². The molecule has 0 aliphatic carbocycles. The fourth-order valence-corrected chi connectivity index (χ4v) is 1.59. The Labute approximate surface area is 90.2 Å². The second kappa shape index (κ2) is 9.11. The van der Waals surface area contributed by atoms with E-state index in [0.717, 1.165) is 0 Å². The summed E-state index contributed by atoms with van der Waals surface area (Å²) in [7, 11) is 0. The monoisotopic (exact) mass is 197 g/mol. The molecule has 0 saturated heterocycles. The molecule has 1 nitrogen and oxygen atoms in total. The minimum atomic E-state index is 1.18. The first-order valence-corrected chi connectivity index (χ1v) is 6.18. The predicted molar refractivity (Wildman–Crippen MR) is 65.4 cm³/mol. The SMILES string of the molecule is C=C(CCCC)N(CCC)CCCC. The van der Waals surface area contributed by atoms with E-state index in [0.29, 0.717) is 0 Å². The molecule has 0 radical (unpaired) electrons. The zero-order chi connectivity index (χ0) is 10.8. The molecular formula is C13H27N. The van der Waals surface area contributed by atoms with E-state index in [1.165, 1.54) is 57.3 Å². The minimum Gasteiger partial charge on any atom is -0.375 e. The van der Waals surface area contributed by atoms with Crippen LogP contribution in [0.3, 0.4) is 0 Å². The summed E-state index contributed by atoms with van der Waals surface area (Å²) in [5, 5.41) is 0. The van der Waals surface area contributed by atoms with E-state index in [2.05, 4.69) is 32.3 Å². The van der Waals surface area contributed by atoms with E-state index < -0.39 is 0 Å². The minimum absolute atomic E-state index is 1.18. The van der Waals surface area contributed by atoms with Crippen LogP contribution in [0.25, 0.3) is 0 Å². The average Bonchev–Trinajstić information content (AvgIpc) is 2.20. The van der Waals surface area contributed by atoms with Crippen molar-refractivity contribution in [2.24, 2.45) is 0 Å². The zero-order valence-electron chi connectivity index (χ0n) is 10.3. The number of hydrogen-bond acceptors (Lipinski definition) is 1. The summed E-state index contributed by atoms with van der Waals surface area (Å²) in [6, 6.07) is 0. The molecular weight excluding hydrogens is 170 g/mol. The standard InChI is InChI=1S/C13H27N/c1-5-8-10-13(4)14(11-7-3)12-9-6-2/h4-12H2,1-3H3. The molecule has 0 spiro atoms. The van der Waals surface area contributed by atoms with Crippen molar-refractivity contribution in [3.63, 3.8) is 0 Å². The predicted octanol–water partition coefficient (Wildman–Crippen LogP) is 4.20. The number of nitrogens with zero attached hydrogens (tertiary/aromatic N) is 1. The van der Waals surface area contributed by atoms with Crippen LogP contribution >= 0.6 is 0 Å². The van der Waals surface area contributed by atoms with Crippen molar-refractivity contribution in [2.75, 3.05) is 13.1 Å². The summed E-state index contributed by atoms with van der Waals surface area (Å²) in [6.07, 6.45) is 7.54. The lowest BCUT2D eigenvalue weighted by Crippen LogP contribution is -2.24. The Bertz CT molecular complexity index is 140.